The Morgan fingerprint density at radius 1 is 0.574 bits per heavy atom. The normalized spacial score (nSPS) is 13.7. The average Bonchev–Trinajstić information content (AvgIpc) is 3.21. The number of ether oxygens (including phenoxy) is 5. The van der Waals surface area contributed by atoms with Crippen molar-refractivity contribution in [2.24, 2.45) is 5.92 Å². The number of methoxy groups -OCH3 is 4. The fraction of sp³-hybridized carbons (Fsp3) is 0.152. The lowest BCUT2D eigenvalue weighted by atomic mass is 9.96. The van der Waals surface area contributed by atoms with Crippen LogP contribution < -0.4 is 40.2 Å². The first-order chi connectivity index (χ1) is 26.2. The molecule has 0 spiro atoms. The third-order valence-electron chi connectivity index (χ3n) is 9.46. The Balaban J connectivity index is 1.35. The van der Waals surface area contributed by atoms with Gasteiger partial charge in [0.15, 0.2) is 0 Å². The summed E-state index contributed by atoms with van der Waals surface area (Å²) in [5, 5.41) is 0.208. The molecule has 1 aromatic heterocycles. The SMILES string of the molecule is COc1cc(OC)cc(C2=CC(C=c3c(=O)c(=Cc4cc(-c5cc(OC)cc(OC)c5)[o+]c(-c5ccccc5C)c4)c3=O)C=C(c3ccccc3C)O2)c1. The summed E-state index contributed by atoms with van der Waals surface area (Å²) in [4.78, 5) is 27.6. The predicted molar refractivity (Wildman–Crippen MR) is 212 cm³/mol. The minimum Gasteiger partial charge on any atom is -0.497 e. The third-order valence-corrected chi connectivity index (χ3v) is 9.46. The lowest BCUT2D eigenvalue weighted by Gasteiger charge is -2.22. The molecule has 270 valence electrons. The van der Waals surface area contributed by atoms with E-state index in [1.165, 1.54) is 0 Å². The van der Waals surface area contributed by atoms with Gasteiger partial charge in [-0.05, 0) is 79.1 Å². The highest BCUT2D eigenvalue weighted by Crippen LogP contribution is 2.37. The quantitative estimate of drug-likeness (QED) is 0.135. The van der Waals surface area contributed by atoms with E-state index in [1.807, 2.05) is 105 Å². The molecule has 54 heavy (non-hydrogen) atoms. The minimum absolute atomic E-state index is 0.0919. The van der Waals surface area contributed by atoms with E-state index in [2.05, 4.69) is 0 Å². The van der Waals surface area contributed by atoms with Gasteiger partial charge < -0.3 is 23.7 Å². The van der Waals surface area contributed by atoms with E-state index in [9.17, 15) is 9.59 Å². The van der Waals surface area contributed by atoms with E-state index in [0.717, 1.165) is 27.8 Å². The van der Waals surface area contributed by atoms with Crippen molar-refractivity contribution < 1.29 is 28.1 Å². The van der Waals surface area contributed by atoms with Crippen molar-refractivity contribution in [3.8, 4) is 45.6 Å². The van der Waals surface area contributed by atoms with Gasteiger partial charge in [-0.3, -0.25) is 9.59 Å². The van der Waals surface area contributed by atoms with Gasteiger partial charge in [0.1, 0.15) is 34.5 Å². The number of rotatable bonds is 10. The van der Waals surface area contributed by atoms with Gasteiger partial charge in [-0.1, -0.05) is 48.5 Å². The highest BCUT2D eigenvalue weighted by atomic mass is 16.5. The molecule has 0 amide bonds. The van der Waals surface area contributed by atoms with E-state index in [0.29, 0.717) is 57.2 Å². The van der Waals surface area contributed by atoms with E-state index >= 15 is 0 Å². The van der Waals surface area contributed by atoms with E-state index < -0.39 is 5.92 Å². The van der Waals surface area contributed by atoms with Crippen molar-refractivity contribution in [1.82, 2.24) is 0 Å². The van der Waals surface area contributed by atoms with Crippen LogP contribution in [0.4, 0.5) is 0 Å². The van der Waals surface area contributed by atoms with Crippen molar-refractivity contribution in [3.63, 3.8) is 0 Å². The van der Waals surface area contributed by atoms with Crippen LogP contribution in [0.15, 0.2) is 123 Å². The van der Waals surface area contributed by atoms with Gasteiger partial charge in [-0.2, -0.15) is 0 Å². The van der Waals surface area contributed by atoms with Crippen LogP contribution in [0.5, 0.6) is 23.0 Å². The molecule has 5 aromatic carbocycles. The van der Waals surface area contributed by atoms with E-state index in [4.69, 9.17) is 28.1 Å². The molecule has 2 heterocycles. The van der Waals surface area contributed by atoms with Gasteiger partial charge >= 0.3 is 11.5 Å². The van der Waals surface area contributed by atoms with Gasteiger partial charge in [-0.25, -0.2) is 4.42 Å². The molecule has 1 unspecified atom stereocenters. The van der Waals surface area contributed by atoms with Gasteiger partial charge in [0.25, 0.3) is 0 Å². The molecule has 0 saturated carbocycles. The molecule has 1 aliphatic heterocycles. The van der Waals surface area contributed by atoms with Crippen LogP contribution in [-0.4, -0.2) is 28.4 Å². The number of aryl methyl sites for hydroxylation is 2. The summed E-state index contributed by atoms with van der Waals surface area (Å²) in [6.07, 6.45) is 7.13. The fourth-order valence-electron chi connectivity index (χ4n) is 6.53. The predicted octanol–water partition coefficient (Wildman–Crippen LogP) is 7.48. The van der Waals surface area contributed by atoms with Crippen molar-refractivity contribution in [3.05, 3.63) is 168 Å². The summed E-state index contributed by atoms with van der Waals surface area (Å²) in [5.41, 5.74) is 5.21. The summed E-state index contributed by atoms with van der Waals surface area (Å²) < 4.78 is 35.0. The number of benzene rings is 4. The van der Waals surface area contributed by atoms with E-state index in [1.54, 1.807) is 58.8 Å². The maximum absolute atomic E-state index is 13.8. The number of allylic oxidation sites excluding steroid dienone is 2. The standard InChI is InChI=1S/C46H39O8/c1-27-11-7-9-13-37(27)43-19-29(17-41(53-43)31-21-33(49-3)25-34(22-31)50-4)15-39-45(47)40(46(39)48)16-30-18-42(32-23-35(51-5)26-36(24-32)52-6)54-44(20-30)38-14-10-8-12-28(38)2/h7-26,29H,1-6H3/q+1. The highest BCUT2D eigenvalue weighted by Gasteiger charge is 2.24. The lowest BCUT2D eigenvalue weighted by Crippen LogP contribution is -2.64. The van der Waals surface area contributed by atoms with Gasteiger partial charge in [0, 0.05) is 29.2 Å². The highest BCUT2D eigenvalue weighted by molar-refractivity contribution is 5.77. The zero-order valence-electron chi connectivity index (χ0n) is 30.9. The summed E-state index contributed by atoms with van der Waals surface area (Å²) in [7, 11) is 6.34. The van der Waals surface area contributed by atoms with Crippen LogP contribution in [0.3, 0.4) is 0 Å². The Morgan fingerprint density at radius 3 is 1.63 bits per heavy atom. The second-order valence-electron chi connectivity index (χ2n) is 13.0. The second kappa shape index (κ2) is 15.1. The van der Waals surface area contributed by atoms with Gasteiger partial charge in [0.05, 0.1) is 62.1 Å². The molecule has 0 aliphatic carbocycles. The molecule has 0 fully saturated rings. The van der Waals surface area contributed by atoms with Crippen LogP contribution >= 0.6 is 0 Å². The Kier molecular flexibility index (Phi) is 10.0. The van der Waals surface area contributed by atoms with Crippen molar-refractivity contribution >= 4 is 23.7 Å². The molecule has 0 bridgehead atoms. The summed E-state index contributed by atoms with van der Waals surface area (Å²) in [5.74, 6) is 4.21. The molecule has 0 N–H and O–H groups in total. The average molecular weight is 720 g/mol. The Bertz CT molecular complexity index is 2580. The molecule has 7 rings (SSSR count). The Morgan fingerprint density at radius 2 is 1.07 bits per heavy atom. The third kappa shape index (κ3) is 7.19. The largest absolute Gasteiger partial charge is 0.497 e. The number of hydrogen-bond acceptors (Lipinski definition) is 7. The Hall–Kier alpha value is -6.67. The van der Waals surface area contributed by atoms with Crippen LogP contribution in [-0.2, 0) is 4.74 Å². The van der Waals surface area contributed by atoms with Crippen LogP contribution in [0.2, 0.25) is 0 Å². The number of hydrogen-bond donors (Lipinski definition) is 0. The molecule has 1 aliphatic rings. The molecular weight excluding hydrogens is 680 g/mol. The smallest absolute Gasteiger partial charge is 0.361 e. The first-order valence-electron chi connectivity index (χ1n) is 17.4. The summed E-state index contributed by atoms with van der Waals surface area (Å²) in [6.45, 7) is 4.01. The topological polar surface area (TPSA) is 91.6 Å². The van der Waals surface area contributed by atoms with Crippen molar-refractivity contribution in [1.29, 1.82) is 0 Å². The van der Waals surface area contributed by atoms with Gasteiger partial charge in [0.2, 0.25) is 10.9 Å². The first-order valence-corrected chi connectivity index (χ1v) is 17.4. The van der Waals surface area contributed by atoms with Crippen LogP contribution in [0.25, 0.3) is 46.3 Å². The van der Waals surface area contributed by atoms with Gasteiger partial charge in [-0.15, -0.1) is 0 Å². The fourth-order valence-corrected chi connectivity index (χ4v) is 6.53. The monoisotopic (exact) mass is 719 g/mol. The molecular formula is C46H39O8+. The zero-order valence-corrected chi connectivity index (χ0v) is 30.9. The Labute approximate surface area is 312 Å². The van der Waals surface area contributed by atoms with Crippen LogP contribution in [0.1, 0.15) is 27.8 Å². The zero-order chi connectivity index (χ0) is 37.9. The van der Waals surface area contributed by atoms with Crippen LogP contribution in [0, 0.1) is 19.8 Å². The molecule has 8 nitrogen and oxygen atoms in total. The first kappa shape index (κ1) is 35.7. The maximum Gasteiger partial charge on any atom is 0.361 e. The molecule has 0 radical (unpaired) electrons. The van der Waals surface area contributed by atoms with Crippen molar-refractivity contribution in [2.45, 2.75) is 13.8 Å². The van der Waals surface area contributed by atoms with E-state index in [-0.39, 0.29) is 21.3 Å². The molecule has 6 aromatic rings. The molecule has 1 atom stereocenters. The lowest BCUT2D eigenvalue weighted by molar-refractivity contribution is 0.392. The minimum atomic E-state index is -0.428. The van der Waals surface area contributed by atoms with Crippen molar-refractivity contribution in [2.75, 3.05) is 28.4 Å². The maximum atomic E-state index is 13.8. The summed E-state index contributed by atoms with van der Waals surface area (Å²) >= 11 is 0. The summed E-state index contributed by atoms with van der Waals surface area (Å²) in [6, 6.07) is 30.4. The molecule has 8 heteroatoms. The molecule has 0 saturated heterocycles. The second-order valence-corrected chi connectivity index (χ2v) is 13.0.